The van der Waals surface area contributed by atoms with Gasteiger partial charge in [0.25, 0.3) is 0 Å². The van der Waals surface area contributed by atoms with Gasteiger partial charge >= 0.3 is 0 Å². The maximum absolute atomic E-state index is 10.2. The van der Waals surface area contributed by atoms with E-state index in [9.17, 15) is 9.90 Å². The van der Waals surface area contributed by atoms with Crippen molar-refractivity contribution in [1.82, 2.24) is 0 Å². The SMILES string of the molecule is CC(C)CCCCCCCCCCC[C@@H](O)CC=O. The van der Waals surface area contributed by atoms with E-state index in [1.807, 2.05) is 0 Å². The normalized spacial score (nSPS) is 12.8. The molecule has 0 aromatic carbocycles. The lowest BCUT2D eigenvalue weighted by Gasteiger charge is -2.06. The Bertz CT molecular complexity index is 190. The molecule has 0 bridgehead atoms. The van der Waals surface area contributed by atoms with Crippen molar-refractivity contribution in [3.8, 4) is 0 Å². The first-order chi connectivity index (χ1) is 9.16. The molecule has 19 heavy (non-hydrogen) atoms. The number of carbonyl (C=O) groups is 1. The second-order valence-electron chi connectivity index (χ2n) is 6.21. The zero-order valence-corrected chi connectivity index (χ0v) is 13.1. The van der Waals surface area contributed by atoms with E-state index in [0.29, 0.717) is 6.42 Å². The summed E-state index contributed by atoms with van der Waals surface area (Å²) in [7, 11) is 0. The molecule has 0 unspecified atom stereocenters. The van der Waals surface area contributed by atoms with Crippen molar-refractivity contribution in [3.05, 3.63) is 0 Å². The van der Waals surface area contributed by atoms with Gasteiger partial charge in [0.05, 0.1) is 6.10 Å². The third-order valence-corrected chi connectivity index (χ3v) is 3.69. The minimum absolute atomic E-state index is 0.302. The van der Waals surface area contributed by atoms with Gasteiger partial charge in [-0.15, -0.1) is 0 Å². The molecule has 0 saturated carbocycles. The largest absolute Gasteiger partial charge is 0.393 e. The molecule has 2 nitrogen and oxygen atoms in total. The van der Waals surface area contributed by atoms with Gasteiger partial charge in [0.2, 0.25) is 0 Å². The fourth-order valence-electron chi connectivity index (χ4n) is 2.40. The highest BCUT2D eigenvalue weighted by Crippen LogP contribution is 2.14. The summed E-state index contributed by atoms with van der Waals surface area (Å²) in [5.74, 6) is 0.856. The fraction of sp³-hybridized carbons (Fsp3) is 0.941. The average molecular weight is 270 g/mol. The highest BCUT2D eigenvalue weighted by molar-refractivity contribution is 5.49. The average Bonchev–Trinajstić information content (AvgIpc) is 2.36. The zero-order chi connectivity index (χ0) is 14.3. The highest BCUT2D eigenvalue weighted by Gasteiger charge is 2.02. The maximum Gasteiger partial charge on any atom is 0.122 e. The molecular formula is C17H34O2. The number of aliphatic hydroxyl groups is 1. The molecule has 0 radical (unpaired) electrons. The molecule has 0 spiro atoms. The number of aliphatic hydroxyl groups excluding tert-OH is 1. The molecule has 0 aliphatic heterocycles. The van der Waals surface area contributed by atoms with E-state index in [4.69, 9.17) is 0 Å². The van der Waals surface area contributed by atoms with E-state index in [1.54, 1.807) is 0 Å². The molecule has 1 atom stereocenters. The molecule has 0 fully saturated rings. The summed E-state index contributed by atoms with van der Waals surface area (Å²) >= 11 is 0. The molecule has 114 valence electrons. The molecule has 0 aliphatic carbocycles. The molecule has 2 heteroatoms. The van der Waals surface area contributed by atoms with Crippen LogP contribution in [-0.2, 0) is 4.79 Å². The van der Waals surface area contributed by atoms with Gasteiger partial charge in [0, 0.05) is 6.42 Å². The highest BCUT2D eigenvalue weighted by atomic mass is 16.3. The van der Waals surface area contributed by atoms with Gasteiger partial charge in [-0.2, -0.15) is 0 Å². The first-order valence-electron chi connectivity index (χ1n) is 8.28. The van der Waals surface area contributed by atoms with Crippen molar-refractivity contribution in [3.63, 3.8) is 0 Å². The Hall–Kier alpha value is -0.370. The molecule has 1 N–H and O–H groups in total. The van der Waals surface area contributed by atoms with Gasteiger partial charge < -0.3 is 9.90 Å². The summed E-state index contributed by atoms with van der Waals surface area (Å²) in [5.41, 5.74) is 0. The van der Waals surface area contributed by atoms with Gasteiger partial charge in [0.15, 0.2) is 0 Å². The van der Waals surface area contributed by atoms with Crippen LogP contribution < -0.4 is 0 Å². The lowest BCUT2D eigenvalue weighted by molar-refractivity contribution is -0.109. The topological polar surface area (TPSA) is 37.3 Å². The predicted octanol–water partition coefficient (Wildman–Crippen LogP) is 4.88. The molecule has 0 rings (SSSR count). The zero-order valence-electron chi connectivity index (χ0n) is 13.1. The van der Waals surface area contributed by atoms with Crippen LogP contribution >= 0.6 is 0 Å². The Balaban J connectivity index is 3.04. The molecule has 0 aromatic rings. The van der Waals surface area contributed by atoms with Gasteiger partial charge in [0.1, 0.15) is 6.29 Å². The lowest BCUT2D eigenvalue weighted by Crippen LogP contribution is -2.06. The second-order valence-corrected chi connectivity index (χ2v) is 6.21. The van der Waals surface area contributed by atoms with Crippen molar-refractivity contribution in [1.29, 1.82) is 0 Å². The Morgan fingerprint density at radius 3 is 1.63 bits per heavy atom. The summed E-state index contributed by atoms with van der Waals surface area (Å²) in [6, 6.07) is 0. The number of aldehydes is 1. The Labute approximate surface area is 120 Å². The molecule has 0 aliphatic rings. The minimum atomic E-state index is -0.404. The third-order valence-electron chi connectivity index (χ3n) is 3.69. The summed E-state index contributed by atoms with van der Waals surface area (Å²) in [5, 5.41) is 9.38. The summed E-state index contributed by atoms with van der Waals surface area (Å²) < 4.78 is 0. The Morgan fingerprint density at radius 2 is 1.21 bits per heavy atom. The third kappa shape index (κ3) is 15.6. The van der Waals surface area contributed by atoms with E-state index in [2.05, 4.69) is 13.8 Å². The first kappa shape index (κ1) is 18.6. The summed E-state index contributed by atoms with van der Waals surface area (Å²) in [4.78, 5) is 10.2. The van der Waals surface area contributed by atoms with Crippen LogP contribution in [0.1, 0.15) is 90.9 Å². The van der Waals surface area contributed by atoms with Gasteiger partial charge in [-0.1, -0.05) is 78.1 Å². The Kier molecular flexibility index (Phi) is 13.8. The molecule has 0 aromatic heterocycles. The number of hydrogen-bond acceptors (Lipinski definition) is 2. The van der Waals surface area contributed by atoms with E-state index in [0.717, 1.165) is 25.0 Å². The van der Waals surface area contributed by atoms with E-state index < -0.39 is 6.10 Å². The monoisotopic (exact) mass is 270 g/mol. The van der Waals surface area contributed by atoms with Crippen molar-refractivity contribution in [2.75, 3.05) is 0 Å². The van der Waals surface area contributed by atoms with Crippen molar-refractivity contribution in [2.45, 2.75) is 97.0 Å². The number of carbonyl (C=O) groups excluding carboxylic acids is 1. The van der Waals surface area contributed by atoms with E-state index >= 15 is 0 Å². The fourth-order valence-corrected chi connectivity index (χ4v) is 2.40. The van der Waals surface area contributed by atoms with Crippen LogP contribution in [0.25, 0.3) is 0 Å². The first-order valence-corrected chi connectivity index (χ1v) is 8.28. The lowest BCUT2D eigenvalue weighted by atomic mass is 10.0. The summed E-state index contributed by atoms with van der Waals surface area (Å²) in [6.07, 6.45) is 14.7. The molecular weight excluding hydrogens is 236 g/mol. The van der Waals surface area contributed by atoms with Crippen LogP contribution in [0.2, 0.25) is 0 Å². The van der Waals surface area contributed by atoms with Crippen molar-refractivity contribution in [2.24, 2.45) is 5.92 Å². The van der Waals surface area contributed by atoms with E-state index in [-0.39, 0.29) is 0 Å². The smallest absolute Gasteiger partial charge is 0.122 e. The van der Waals surface area contributed by atoms with Gasteiger partial charge in [-0.3, -0.25) is 0 Å². The van der Waals surface area contributed by atoms with Crippen LogP contribution in [0, 0.1) is 5.92 Å². The standard InChI is InChI=1S/C17H34O2/c1-16(2)12-10-8-6-4-3-5-7-9-11-13-17(19)14-15-18/h15-17,19H,3-14H2,1-2H3/t17-/m1/s1. The number of rotatable bonds is 14. The van der Waals surface area contributed by atoms with Crippen LogP contribution in [0.3, 0.4) is 0 Å². The number of hydrogen-bond donors (Lipinski definition) is 1. The molecule has 0 heterocycles. The quantitative estimate of drug-likeness (QED) is 0.361. The van der Waals surface area contributed by atoms with Crippen molar-refractivity contribution < 1.29 is 9.90 Å². The minimum Gasteiger partial charge on any atom is -0.393 e. The van der Waals surface area contributed by atoms with E-state index in [1.165, 1.54) is 57.8 Å². The van der Waals surface area contributed by atoms with Crippen LogP contribution in [0.15, 0.2) is 0 Å². The Morgan fingerprint density at radius 1 is 0.789 bits per heavy atom. The maximum atomic E-state index is 10.2. The van der Waals surface area contributed by atoms with Crippen LogP contribution in [0.4, 0.5) is 0 Å². The summed E-state index contributed by atoms with van der Waals surface area (Å²) in [6.45, 7) is 4.60. The van der Waals surface area contributed by atoms with Crippen LogP contribution in [0.5, 0.6) is 0 Å². The van der Waals surface area contributed by atoms with Crippen molar-refractivity contribution >= 4 is 6.29 Å². The molecule has 0 saturated heterocycles. The van der Waals surface area contributed by atoms with Gasteiger partial charge in [-0.25, -0.2) is 0 Å². The van der Waals surface area contributed by atoms with Crippen LogP contribution in [-0.4, -0.2) is 17.5 Å². The predicted molar refractivity (Wildman–Crippen MR) is 82.3 cm³/mol. The second kappa shape index (κ2) is 14.0. The van der Waals surface area contributed by atoms with Gasteiger partial charge in [-0.05, 0) is 12.3 Å². The molecule has 0 amide bonds. The number of unbranched alkanes of at least 4 members (excludes halogenated alkanes) is 8.